The average Bonchev–Trinajstić information content (AvgIpc) is 2.52. The van der Waals surface area contributed by atoms with E-state index < -0.39 is 39.1 Å². The van der Waals surface area contributed by atoms with E-state index in [1.807, 2.05) is 4.72 Å². The van der Waals surface area contributed by atoms with Crippen molar-refractivity contribution in [3.05, 3.63) is 29.8 Å². The molecular formula is C14H19ClF3N3O3S. The fraction of sp³-hybridized carbons (Fsp3) is 0.500. The van der Waals surface area contributed by atoms with E-state index in [2.05, 4.69) is 0 Å². The molecule has 1 aliphatic rings. The molecule has 25 heavy (non-hydrogen) atoms. The average molecular weight is 402 g/mol. The summed E-state index contributed by atoms with van der Waals surface area (Å²) in [6.45, 7) is 0.299. The first-order chi connectivity index (χ1) is 11.1. The van der Waals surface area contributed by atoms with Crippen molar-refractivity contribution in [3.63, 3.8) is 0 Å². The number of hydrogen-bond donors (Lipinski definition) is 2. The van der Waals surface area contributed by atoms with Crippen LogP contribution in [0.2, 0.25) is 0 Å². The number of likely N-dealkylation sites (tertiary alicyclic amines) is 1. The van der Waals surface area contributed by atoms with Gasteiger partial charge in [-0.15, -0.1) is 12.4 Å². The summed E-state index contributed by atoms with van der Waals surface area (Å²) in [6, 6.07) is 3.20. The molecule has 0 saturated carbocycles. The molecule has 0 spiro atoms. The molecule has 1 saturated heterocycles. The molecule has 142 valence electrons. The first-order valence-electron chi connectivity index (χ1n) is 7.30. The van der Waals surface area contributed by atoms with E-state index in [9.17, 15) is 26.4 Å². The molecule has 2 rings (SSSR count). The van der Waals surface area contributed by atoms with Crippen LogP contribution in [-0.2, 0) is 21.0 Å². The predicted molar refractivity (Wildman–Crippen MR) is 87.7 cm³/mol. The maximum atomic E-state index is 12.7. The lowest BCUT2D eigenvalue weighted by atomic mass is 10.1. The zero-order chi connectivity index (χ0) is 18.0. The van der Waals surface area contributed by atoms with Crippen LogP contribution >= 0.6 is 12.4 Å². The number of rotatable bonds is 4. The number of piperidine rings is 1. The molecule has 0 radical (unpaired) electrons. The van der Waals surface area contributed by atoms with Crippen LogP contribution in [0.3, 0.4) is 0 Å². The Kier molecular flexibility index (Phi) is 7.24. The maximum Gasteiger partial charge on any atom is 0.416 e. The van der Waals surface area contributed by atoms with Gasteiger partial charge < -0.3 is 10.6 Å². The number of halogens is 4. The van der Waals surface area contributed by atoms with E-state index in [1.165, 1.54) is 4.90 Å². The zero-order valence-electron chi connectivity index (χ0n) is 13.1. The largest absolute Gasteiger partial charge is 0.416 e. The number of carbonyl (C=O) groups is 1. The van der Waals surface area contributed by atoms with Crippen molar-refractivity contribution in [2.24, 2.45) is 5.73 Å². The molecule has 1 heterocycles. The Morgan fingerprint density at radius 1 is 1.36 bits per heavy atom. The Hall–Kier alpha value is -1.36. The second-order valence-electron chi connectivity index (χ2n) is 5.59. The second-order valence-corrected chi connectivity index (χ2v) is 7.36. The van der Waals surface area contributed by atoms with Crippen LogP contribution in [0, 0.1) is 0 Å². The van der Waals surface area contributed by atoms with Crippen LogP contribution in [0.25, 0.3) is 0 Å². The quantitative estimate of drug-likeness (QED) is 0.796. The van der Waals surface area contributed by atoms with E-state index >= 15 is 0 Å². The van der Waals surface area contributed by atoms with Gasteiger partial charge in [0.15, 0.2) is 0 Å². The lowest BCUT2D eigenvalue weighted by Gasteiger charge is -2.30. The molecule has 0 aromatic heterocycles. The van der Waals surface area contributed by atoms with E-state index in [-0.39, 0.29) is 18.4 Å². The Labute approximate surface area is 150 Å². The third kappa shape index (κ3) is 5.84. The summed E-state index contributed by atoms with van der Waals surface area (Å²) in [5.74, 6) is -0.458. The van der Waals surface area contributed by atoms with Crippen molar-refractivity contribution >= 4 is 28.3 Å². The Morgan fingerprint density at radius 3 is 2.64 bits per heavy atom. The summed E-state index contributed by atoms with van der Waals surface area (Å²) >= 11 is 0. The van der Waals surface area contributed by atoms with Gasteiger partial charge in [0.2, 0.25) is 15.9 Å². The number of amides is 1. The van der Waals surface area contributed by atoms with Crippen LogP contribution in [-0.4, -0.2) is 44.9 Å². The minimum absolute atomic E-state index is 0. The van der Waals surface area contributed by atoms with Crippen LogP contribution < -0.4 is 10.5 Å². The smallest absolute Gasteiger partial charge is 0.340 e. The van der Waals surface area contributed by atoms with Crippen molar-refractivity contribution < 1.29 is 26.4 Å². The van der Waals surface area contributed by atoms with Crippen LogP contribution in [0.4, 0.5) is 13.2 Å². The Balaban J connectivity index is 0.00000312. The number of hydrogen-bond acceptors (Lipinski definition) is 4. The number of alkyl halides is 3. The molecule has 1 unspecified atom stereocenters. The molecule has 1 aromatic carbocycles. The second kappa shape index (κ2) is 8.35. The van der Waals surface area contributed by atoms with Gasteiger partial charge in [0, 0.05) is 19.1 Å². The van der Waals surface area contributed by atoms with Gasteiger partial charge in [-0.3, -0.25) is 4.79 Å². The van der Waals surface area contributed by atoms with Gasteiger partial charge in [-0.1, -0.05) is 6.07 Å². The summed E-state index contributed by atoms with van der Waals surface area (Å²) < 4.78 is 64.2. The first-order valence-corrected chi connectivity index (χ1v) is 8.78. The number of nitrogens with one attached hydrogen (secondary N) is 1. The van der Waals surface area contributed by atoms with Crippen LogP contribution in [0.15, 0.2) is 29.2 Å². The SMILES string of the molecule is Cl.NC1CCCN(C(=O)CNS(=O)(=O)c2cccc(C(F)(F)F)c2)C1. The number of benzene rings is 1. The summed E-state index contributed by atoms with van der Waals surface area (Å²) in [7, 11) is -4.22. The lowest BCUT2D eigenvalue weighted by Crippen LogP contribution is -2.48. The molecular weight excluding hydrogens is 383 g/mol. The molecule has 6 nitrogen and oxygen atoms in total. The molecule has 1 aliphatic heterocycles. The summed E-state index contributed by atoms with van der Waals surface area (Å²) in [5, 5.41) is 0. The minimum atomic E-state index is -4.65. The molecule has 1 atom stereocenters. The number of carbonyl (C=O) groups excluding carboxylic acids is 1. The highest BCUT2D eigenvalue weighted by Crippen LogP contribution is 2.30. The van der Waals surface area contributed by atoms with Gasteiger partial charge in [-0.2, -0.15) is 13.2 Å². The summed E-state index contributed by atoms with van der Waals surface area (Å²) in [4.78, 5) is 12.9. The Bertz CT molecular complexity index is 713. The molecule has 1 aromatic rings. The van der Waals surface area contributed by atoms with Gasteiger partial charge in [-0.05, 0) is 31.0 Å². The molecule has 1 fully saturated rings. The standard InChI is InChI=1S/C14H18F3N3O3S.ClH/c15-14(16,17)10-3-1-5-12(7-10)24(22,23)19-8-13(21)20-6-2-4-11(18)9-20;/h1,3,5,7,11,19H,2,4,6,8-9,18H2;1H. The lowest BCUT2D eigenvalue weighted by molar-refractivity contribution is -0.137. The van der Waals surface area contributed by atoms with Crippen molar-refractivity contribution in [2.75, 3.05) is 19.6 Å². The van der Waals surface area contributed by atoms with Gasteiger partial charge in [0.1, 0.15) is 0 Å². The minimum Gasteiger partial charge on any atom is -0.340 e. The zero-order valence-corrected chi connectivity index (χ0v) is 14.8. The maximum absolute atomic E-state index is 12.7. The van der Waals surface area contributed by atoms with E-state index in [1.54, 1.807) is 0 Å². The topological polar surface area (TPSA) is 92.5 Å². The third-order valence-corrected chi connectivity index (χ3v) is 5.09. The number of nitrogens with zero attached hydrogens (tertiary/aromatic N) is 1. The van der Waals surface area contributed by atoms with Crippen molar-refractivity contribution in [1.29, 1.82) is 0 Å². The summed E-state index contributed by atoms with van der Waals surface area (Å²) in [5.41, 5.74) is 4.68. The third-order valence-electron chi connectivity index (χ3n) is 3.70. The molecule has 3 N–H and O–H groups in total. The van der Waals surface area contributed by atoms with E-state index in [0.717, 1.165) is 31.0 Å². The molecule has 0 aliphatic carbocycles. The highest BCUT2D eigenvalue weighted by Gasteiger charge is 2.32. The fourth-order valence-electron chi connectivity index (χ4n) is 2.43. The highest BCUT2D eigenvalue weighted by atomic mass is 35.5. The van der Waals surface area contributed by atoms with Crippen molar-refractivity contribution in [3.8, 4) is 0 Å². The fourth-order valence-corrected chi connectivity index (χ4v) is 3.45. The van der Waals surface area contributed by atoms with Gasteiger partial charge in [0.25, 0.3) is 0 Å². The predicted octanol–water partition coefficient (Wildman–Crippen LogP) is 1.36. The molecule has 1 amide bonds. The van der Waals surface area contributed by atoms with Crippen molar-refractivity contribution in [1.82, 2.24) is 9.62 Å². The monoisotopic (exact) mass is 401 g/mol. The normalized spacial score (nSPS) is 18.6. The van der Waals surface area contributed by atoms with E-state index in [4.69, 9.17) is 5.73 Å². The first kappa shape index (κ1) is 21.7. The van der Waals surface area contributed by atoms with E-state index in [0.29, 0.717) is 19.2 Å². The van der Waals surface area contributed by atoms with Crippen LogP contribution in [0.1, 0.15) is 18.4 Å². The van der Waals surface area contributed by atoms with Gasteiger partial charge in [-0.25, -0.2) is 13.1 Å². The number of nitrogens with two attached hydrogens (primary N) is 1. The van der Waals surface area contributed by atoms with Gasteiger partial charge >= 0.3 is 6.18 Å². The number of sulfonamides is 1. The highest BCUT2D eigenvalue weighted by molar-refractivity contribution is 7.89. The molecule has 11 heteroatoms. The van der Waals surface area contributed by atoms with Gasteiger partial charge in [0.05, 0.1) is 17.0 Å². The van der Waals surface area contributed by atoms with Crippen LogP contribution in [0.5, 0.6) is 0 Å². The molecule has 0 bridgehead atoms. The Morgan fingerprint density at radius 2 is 2.04 bits per heavy atom. The summed E-state index contributed by atoms with van der Waals surface area (Å²) in [6.07, 6.45) is -3.13. The van der Waals surface area contributed by atoms with Crippen molar-refractivity contribution in [2.45, 2.75) is 30.0 Å².